The van der Waals surface area contributed by atoms with Gasteiger partial charge in [-0.1, -0.05) is 203 Å². The molecule has 3 aliphatic heterocycles. The summed E-state index contributed by atoms with van der Waals surface area (Å²) in [6.45, 7) is 0.980. The van der Waals surface area contributed by atoms with Crippen LogP contribution in [0.3, 0.4) is 0 Å². The maximum absolute atomic E-state index is 7.16. The van der Waals surface area contributed by atoms with Crippen LogP contribution in [-0.2, 0) is 0 Å². The summed E-state index contributed by atoms with van der Waals surface area (Å²) < 4.78 is 40.9. The second-order valence-electron chi connectivity index (χ2n) is 27.0. The molecule has 12 heteroatoms. The predicted molar refractivity (Wildman–Crippen MR) is 376 cm³/mol. The highest BCUT2D eigenvalue weighted by atomic mass is 16.8. The molecule has 0 aromatic heterocycles. The minimum absolute atomic E-state index is 0. The van der Waals surface area contributed by atoms with Crippen molar-refractivity contribution in [3.63, 3.8) is 0 Å². The minimum atomic E-state index is -1.09. The Balaban J connectivity index is 0.000000212. The third kappa shape index (κ3) is 15.3. The molecule has 0 N–H and O–H groups in total. The van der Waals surface area contributed by atoms with Crippen LogP contribution >= 0.6 is 0 Å². The fraction of sp³-hybridized carbons (Fsp3) is 0.519. The highest BCUT2D eigenvalue weighted by molar-refractivity contribution is 5.73. The summed E-state index contributed by atoms with van der Waals surface area (Å²) in [6.07, 6.45) is 34.1. The minimum Gasteiger partial charge on any atom is -0.488 e. The SMILES string of the molecule is C.C.C1=Nc2c(cccc2C2CCCCC2)OC2Oc3cccc(C4CCCCC4)c3N=C=Nc3c(cccc3C3CCCCC3)OC2Oc2cccc(C3CCCCC3)c2N=1.C1=Nc2c(cccc2C2CCCCC2)OCCOc2cccc(C3CCCCC3)c2N=1. The first kappa shape index (κ1) is 65.3. The smallest absolute Gasteiger partial charge is 0.316 e. The van der Waals surface area contributed by atoms with Crippen LogP contribution in [0.5, 0.6) is 34.5 Å². The van der Waals surface area contributed by atoms with Gasteiger partial charge in [-0.3, -0.25) is 0 Å². The van der Waals surface area contributed by atoms with E-state index >= 15 is 0 Å². The van der Waals surface area contributed by atoms with E-state index in [9.17, 15) is 0 Å². The molecule has 6 saturated carbocycles. The van der Waals surface area contributed by atoms with Crippen LogP contribution in [0.1, 0.15) is 276 Å². The van der Waals surface area contributed by atoms with E-state index in [1.54, 1.807) is 0 Å². The van der Waals surface area contributed by atoms with Crippen LogP contribution in [-0.4, -0.2) is 43.8 Å². The molecule has 93 heavy (non-hydrogen) atoms. The normalized spacial score (nSPS) is 21.4. The van der Waals surface area contributed by atoms with Gasteiger partial charge in [0.1, 0.15) is 76.9 Å². The van der Waals surface area contributed by atoms with Gasteiger partial charge in [0.05, 0.1) is 0 Å². The number of aliphatic imine (C=N–C) groups is 6. The van der Waals surface area contributed by atoms with Crippen LogP contribution in [0.2, 0.25) is 0 Å². The molecule has 0 radical (unpaired) electrons. The van der Waals surface area contributed by atoms with E-state index in [0.29, 0.717) is 71.7 Å². The van der Waals surface area contributed by atoms with Gasteiger partial charge < -0.3 is 28.4 Å². The van der Waals surface area contributed by atoms with Gasteiger partial charge in [0.15, 0.2) is 23.0 Å². The highest BCUT2D eigenvalue weighted by Crippen LogP contribution is 2.51. The van der Waals surface area contributed by atoms with E-state index in [1.165, 1.54) is 152 Å². The molecule has 0 atom stereocenters. The lowest BCUT2D eigenvalue weighted by Crippen LogP contribution is -2.45. The van der Waals surface area contributed by atoms with Crippen molar-refractivity contribution in [3.8, 4) is 34.5 Å². The van der Waals surface area contributed by atoms with E-state index in [4.69, 9.17) is 58.4 Å². The highest BCUT2D eigenvalue weighted by Gasteiger charge is 2.37. The van der Waals surface area contributed by atoms with E-state index in [1.807, 2.05) is 36.4 Å². The average molecular weight is 1250 g/mol. The third-order valence-corrected chi connectivity index (χ3v) is 21.2. The first-order valence-corrected chi connectivity index (χ1v) is 35.4. The van der Waals surface area contributed by atoms with E-state index in [0.717, 1.165) is 119 Å². The largest absolute Gasteiger partial charge is 0.488 e. The molecule has 3 heterocycles. The van der Waals surface area contributed by atoms with Gasteiger partial charge in [-0.15, -0.1) is 0 Å². The molecule has 488 valence electrons. The topological polar surface area (TPSA) is 130 Å². The number of hydrogen-bond acceptors (Lipinski definition) is 12. The van der Waals surface area contributed by atoms with Gasteiger partial charge in [0, 0.05) is 0 Å². The Morgan fingerprint density at radius 3 is 0.624 bits per heavy atom. The van der Waals surface area contributed by atoms with Gasteiger partial charge >= 0.3 is 12.6 Å². The van der Waals surface area contributed by atoms with Crippen molar-refractivity contribution in [1.29, 1.82) is 0 Å². The fourth-order valence-electron chi connectivity index (χ4n) is 16.5. The Kier molecular flexibility index (Phi) is 22.4. The van der Waals surface area contributed by atoms with E-state index in [-0.39, 0.29) is 14.9 Å². The lowest BCUT2D eigenvalue weighted by atomic mass is 9.83. The Labute approximate surface area is 553 Å². The van der Waals surface area contributed by atoms with Crippen LogP contribution in [0, 0.1) is 0 Å². The molecule has 12 nitrogen and oxygen atoms in total. The van der Waals surface area contributed by atoms with Gasteiger partial charge in [-0.2, -0.15) is 30.0 Å². The fourth-order valence-corrected chi connectivity index (χ4v) is 16.5. The lowest BCUT2D eigenvalue weighted by Gasteiger charge is -2.32. The van der Waals surface area contributed by atoms with Crippen molar-refractivity contribution in [2.75, 3.05) is 13.2 Å². The molecule has 0 spiro atoms. The van der Waals surface area contributed by atoms with E-state index < -0.39 is 12.6 Å². The molecular formula is C81H98N6O6. The van der Waals surface area contributed by atoms with Crippen molar-refractivity contribution in [3.05, 3.63) is 143 Å². The molecule has 6 fully saturated rings. The maximum atomic E-state index is 7.16. The number of ether oxygens (including phenoxy) is 6. The zero-order valence-electron chi connectivity index (χ0n) is 53.3. The molecule has 0 amide bonds. The Morgan fingerprint density at radius 1 is 0.237 bits per heavy atom. The number of nitrogens with zero attached hydrogens (tertiary/aromatic N) is 6. The lowest BCUT2D eigenvalue weighted by molar-refractivity contribution is -0.154. The van der Waals surface area contributed by atoms with Crippen LogP contribution in [0.4, 0.5) is 34.1 Å². The quantitative estimate of drug-likeness (QED) is 0.163. The molecule has 6 aliphatic carbocycles. The monoisotopic (exact) mass is 1250 g/mol. The Morgan fingerprint density at radius 2 is 0.419 bits per heavy atom. The summed E-state index contributed by atoms with van der Waals surface area (Å²) in [7, 11) is 0. The van der Waals surface area contributed by atoms with Gasteiger partial charge in [-0.25, -0.2) is 0 Å². The summed E-state index contributed by atoms with van der Waals surface area (Å²) >= 11 is 0. The molecular weight excluding hydrogens is 1150 g/mol. The molecule has 15 rings (SSSR count). The molecule has 9 aliphatic rings. The van der Waals surface area contributed by atoms with Crippen LogP contribution < -0.4 is 28.4 Å². The first-order valence-electron chi connectivity index (χ1n) is 35.4. The average Bonchev–Trinajstić information content (AvgIpc) is 1.90. The summed E-state index contributed by atoms with van der Waals surface area (Å²) in [5, 5.41) is 0. The zero-order chi connectivity index (χ0) is 61.0. The van der Waals surface area contributed by atoms with Gasteiger partial charge in [-0.05, 0) is 182 Å². The van der Waals surface area contributed by atoms with Crippen molar-refractivity contribution < 1.29 is 28.4 Å². The Hall–Kier alpha value is -7.74. The van der Waals surface area contributed by atoms with E-state index in [2.05, 4.69) is 90.8 Å². The second kappa shape index (κ2) is 31.9. The molecule has 6 aromatic carbocycles. The number of rotatable bonds is 6. The summed E-state index contributed by atoms with van der Waals surface area (Å²) in [5.41, 5.74) is 11.9. The third-order valence-electron chi connectivity index (χ3n) is 21.2. The molecule has 0 unspecified atom stereocenters. The number of para-hydroxylation sites is 6. The van der Waals surface area contributed by atoms with Crippen molar-refractivity contribution in [2.24, 2.45) is 30.0 Å². The van der Waals surface area contributed by atoms with Gasteiger partial charge in [0.2, 0.25) is 0 Å². The predicted octanol–water partition coefficient (Wildman–Crippen LogP) is 24.0. The molecule has 0 bridgehead atoms. The summed E-state index contributed by atoms with van der Waals surface area (Å²) in [4.78, 5) is 29.7. The first-order chi connectivity index (χ1) is 45.2. The van der Waals surface area contributed by atoms with Crippen LogP contribution in [0.25, 0.3) is 0 Å². The molecule has 0 saturated heterocycles. The Bertz CT molecular complexity index is 3300. The zero-order valence-corrected chi connectivity index (χ0v) is 53.3. The molecule has 6 aromatic rings. The van der Waals surface area contributed by atoms with Crippen molar-refractivity contribution >= 4 is 52.1 Å². The summed E-state index contributed by atoms with van der Waals surface area (Å²) in [6, 6.07) is 47.0. The van der Waals surface area contributed by atoms with Gasteiger partial charge in [0.25, 0.3) is 0 Å². The standard InChI is InChI=1S/C52H58N4O4.C27H32N2O2.2CH4/c1-5-17-35(18-6-1)39-25-13-29-43-47(39)53-33-54-48-40(36-19-7-2-8-20-36)26-14-30-44(48)59-52-51(57-43)58-45-31-15-27-41(37-21-9-3-10-22-37)49(45)55-34-56-50-42(28-16-32-46(50)60-52)38-23-11-4-12-24-38;1-3-9-20(10-4-1)22-13-7-15-24-26(22)28-19-29-27-23(21-11-5-2-6-12-21)14-8-16-25(27)31-18-17-30-24;;/h13-16,25-32,35-38,51-52H,1-12,17-24H2;7-8,13-16,20-21H,1-6,9-12,17-18H2;2*1H4. The number of benzene rings is 6. The van der Waals surface area contributed by atoms with Crippen molar-refractivity contribution in [1.82, 2.24) is 0 Å². The number of fused-ring (bicyclic) bond motifs is 7. The van der Waals surface area contributed by atoms with Crippen molar-refractivity contribution in [2.45, 2.75) is 256 Å². The number of hydrogen-bond donors (Lipinski definition) is 0. The summed E-state index contributed by atoms with van der Waals surface area (Å²) in [5.74, 6) is 6.50. The van der Waals surface area contributed by atoms with Crippen LogP contribution in [0.15, 0.2) is 139 Å². The second-order valence-corrected chi connectivity index (χ2v) is 27.0. The maximum Gasteiger partial charge on any atom is 0.316 e.